The van der Waals surface area contributed by atoms with E-state index in [2.05, 4.69) is 45.0 Å². The molecule has 0 radical (unpaired) electrons. The summed E-state index contributed by atoms with van der Waals surface area (Å²) in [5.74, 6) is 2.63. The third kappa shape index (κ3) is 4.83. The van der Waals surface area contributed by atoms with E-state index in [-0.39, 0.29) is 5.41 Å². The third-order valence-electron chi connectivity index (χ3n) is 6.44. The molecule has 1 amide bonds. The number of nitrogens with zero attached hydrogens (tertiary/aromatic N) is 1. The molecule has 1 aliphatic carbocycles. The van der Waals surface area contributed by atoms with Crippen LogP contribution < -0.4 is 4.74 Å². The van der Waals surface area contributed by atoms with E-state index in [0.717, 1.165) is 30.9 Å². The van der Waals surface area contributed by atoms with Gasteiger partial charge < -0.3 is 9.64 Å². The number of ether oxygens (including phenoxy) is 1. The Kier molecular flexibility index (Phi) is 5.67. The predicted molar refractivity (Wildman–Crippen MR) is 117 cm³/mol. The molecule has 2 aliphatic rings. The number of carbonyl (C=O) groups is 1. The molecule has 0 atom stereocenters. The monoisotopic (exact) mass is 391 g/mol. The second kappa shape index (κ2) is 8.22. The molecule has 0 bridgehead atoms. The van der Waals surface area contributed by atoms with Gasteiger partial charge in [0, 0.05) is 19.5 Å². The molecule has 2 aromatic rings. The normalized spacial score (nSPS) is 17.3. The van der Waals surface area contributed by atoms with Gasteiger partial charge in [0.2, 0.25) is 5.91 Å². The van der Waals surface area contributed by atoms with Gasteiger partial charge in [-0.1, -0.05) is 51.8 Å². The van der Waals surface area contributed by atoms with Crippen LogP contribution in [0.4, 0.5) is 0 Å². The van der Waals surface area contributed by atoms with Crippen molar-refractivity contribution in [1.82, 2.24) is 4.90 Å². The number of rotatable bonds is 4. The van der Waals surface area contributed by atoms with Crippen molar-refractivity contribution >= 4 is 5.91 Å². The minimum Gasteiger partial charge on any atom is -0.457 e. The smallest absolute Gasteiger partial charge is 0.223 e. The summed E-state index contributed by atoms with van der Waals surface area (Å²) in [6, 6.07) is 14.7. The highest BCUT2D eigenvalue weighted by molar-refractivity contribution is 5.76. The molecule has 4 rings (SSSR count). The quantitative estimate of drug-likeness (QED) is 0.617. The zero-order valence-electron chi connectivity index (χ0n) is 18.0. The topological polar surface area (TPSA) is 29.5 Å². The van der Waals surface area contributed by atoms with Gasteiger partial charge in [0.05, 0.1) is 0 Å². The Hall–Kier alpha value is -2.29. The van der Waals surface area contributed by atoms with Crippen LogP contribution in [0.5, 0.6) is 11.5 Å². The lowest BCUT2D eigenvalue weighted by molar-refractivity contribution is -0.133. The predicted octanol–water partition coefficient (Wildman–Crippen LogP) is 6.24. The molecule has 3 heteroatoms. The fraction of sp³-hybridized carbons (Fsp3) is 0.500. The first-order valence-corrected chi connectivity index (χ1v) is 11.1. The molecule has 2 aromatic carbocycles. The largest absolute Gasteiger partial charge is 0.457 e. The summed E-state index contributed by atoms with van der Waals surface area (Å²) in [6.45, 7) is 8.19. The summed E-state index contributed by atoms with van der Waals surface area (Å²) in [5.41, 5.74) is 4.00. The second-order valence-corrected chi connectivity index (χ2v) is 9.73. The van der Waals surface area contributed by atoms with Gasteiger partial charge in [-0.25, -0.2) is 0 Å². The van der Waals surface area contributed by atoms with Crippen LogP contribution in [0, 0.1) is 5.92 Å². The van der Waals surface area contributed by atoms with Crippen molar-refractivity contribution in [1.29, 1.82) is 0 Å². The molecule has 0 aromatic heterocycles. The summed E-state index contributed by atoms with van der Waals surface area (Å²) in [7, 11) is 0. The molecular weight excluding hydrogens is 358 g/mol. The van der Waals surface area contributed by atoms with E-state index in [4.69, 9.17) is 4.74 Å². The average molecular weight is 392 g/mol. The first-order valence-electron chi connectivity index (χ1n) is 11.1. The van der Waals surface area contributed by atoms with Crippen LogP contribution in [0.15, 0.2) is 42.5 Å². The van der Waals surface area contributed by atoms with Crippen molar-refractivity contribution in [3.8, 4) is 11.5 Å². The van der Waals surface area contributed by atoms with Crippen molar-refractivity contribution in [2.45, 2.75) is 71.3 Å². The van der Waals surface area contributed by atoms with E-state index < -0.39 is 0 Å². The number of fused-ring (bicyclic) bond motifs is 1. The van der Waals surface area contributed by atoms with E-state index in [0.29, 0.717) is 18.4 Å². The van der Waals surface area contributed by atoms with Gasteiger partial charge in [0.15, 0.2) is 0 Å². The van der Waals surface area contributed by atoms with Crippen LogP contribution in [0.25, 0.3) is 0 Å². The fourth-order valence-electron chi connectivity index (χ4n) is 4.56. The molecule has 1 saturated carbocycles. The van der Waals surface area contributed by atoms with Crippen LogP contribution in [0.1, 0.15) is 69.6 Å². The maximum Gasteiger partial charge on any atom is 0.223 e. The van der Waals surface area contributed by atoms with Gasteiger partial charge in [-0.2, -0.15) is 0 Å². The molecular formula is C26H33NO2. The molecule has 1 fully saturated rings. The molecule has 0 unspecified atom stereocenters. The van der Waals surface area contributed by atoms with Crippen molar-refractivity contribution < 1.29 is 9.53 Å². The van der Waals surface area contributed by atoms with Crippen LogP contribution in [0.2, 0.25) is 0 Å². The fourth-order valence-corrected chi connectivity index (χ4v) is 4.56. The molecule has 154 valence electrons. The lowest BCUT2D eigenvalue weighted by Crippen LogP contribution is -2.36. The van der Waals surface area contributed by atoms with Gasteiger partial charge in [-0.15, -0.1) is 0 Å². The highest BCUT2D eigenvalue weighted by Crippen LogP contribution is 2.31. The Morgan fingerprint density at radius 1 is 1.00 bits per heavy atom. The molecule has 29 heavy (non-hydrogen) atoms. The highest BCUT2D eigenvalue weighted by Gasteiger charge is 2.25. The zero-order chi connectivity index (χ0) is 20.4. The Morgan fingerprint density at radius 2 is 1.69 bits per heavy atom. The zero-order valence-corrected chi connectivity index (χ0v) is 18.0. The second-order valence-electron chi connectivity index (χ2n) is 9.73. The number of benzene rings is 2. The van der Waals surface area contributed by atoms with Crippen LogP contribution in [0.3, 0.4) is 0 Å². The number of hydrogen-bond acceptors (Lipinski definition) is 2. The maximum atomic E-state index is 12.7. The van der Waals surface area contributed by atoms with Crippen molar-refractivity contribution in [2.24, 2.45) is 5.92 Å². The Bertz CT molecular complexity index is 857. The van der Waals surface area contributed by atoms with Crippen molar-refractivity contribution in [3.05, 3.63) is 59.2 Å². The lowest BCUT2D eigenvalue weighted by Gasteiger charge is -2.30. The number of hydrogen-bond donors (Lipinski definition) is 0. The minimum absolute atomic E-state index is 0.138. The molecule has 1 heterocycles. The van der Waals surface area contributed by atoms with E-state index in [1.54, 1.807) is 0 Å². The van der Waals surface area contributed by atoms with E-state index >= 15 is 0 Å². The van der Waals surface area contributed by atoms with Crippen LogP contribution in [-0.4, -0.2) is 17.4 Å². The Balaban J connectivity index is 1.42. The molecule has 0 saturated heterocycles. The van der Waals surface area contributed by atoms with Crippen LogP contribution in [-0.2, 0) is 23.2 Å². The minimum atomic E-state index is 0.138. The van der Waals surface area contributed by atoms with Crippen molar-refractivity contribution in [2.75, 3.05) is 6.54 Å². The molecule has 0 N–H and O–H groups in total. The van der Waals surface area contributed by atoms with Crippen molar-refractivity contribution in [3.63, 3.8) is 0 Å². The van der Waals surface area contributed by atoms with E-state index in [1.165, 1.54) is 42.4 Å². The van der Waals surface area contributed by atoms with Gasteiger partial charge in [0.25, 0.3) is 0 Å². The van der Waals surface area contributed by atoms with E-state index in [9.17, 15) is 4.79 Å². The van der Waals surface area contributed by atoms with Gasteiger partial charge in [0.1, 0.15) is 11.5 Å². The lowest BCUT2D eigenvalue weighted by atomic mass is 9.87. The molecule has 3 nitrogen and oxygen atoms in total. The Morgan fingerprint density at radius 3 is 2.38 bits per heavy atom. The summed E-state index contributed by atoms with van der Waals surface area (Å²) in [4.78, 5) is 14.8. The standard InChI is InChI=1S/C26H33NO2/c1-26(2,3)22-9-12-23(13-10-22)29-24-11-8-20-14-15-27(18-21(20)17-24)25(28)16-19-6-4-5-7-19/h8-13,17,19H,4-7,14-16,18H2,1-3H3. The first kappa shape index (κ1) is 20.0. The van der Waals surface area contributed by atoms with Crippen LogP contribution >= 0.6 is 0 Å². The number of amides is 1. The van der Waals surface area contributed by atoms with Gasteiger partial charge >= 0.3 is 0 Å². The van der Waals surface area contributed by atoms with Gasteiger partial charge in [-0.3, -0.25) is 4.79 Å². The first-order chi connectivity index (χ1) is 13.9. The summed E-state index contributed by atoms with van der Waals surface area (Å²) in [6.07, 6.45) is 6.69. The molecule has 1 aliphatic heterocycles. The summed E-state index contributed by atoms with van der Waals surface area (Å²) in [5, 5.41) is 0. The average Bonchev–Trinajstić information content (AvgIpc) is 3.20. The third-order valence-corrected chi connectivity index (χ3v) is 6.44. The van der Waals surface area contributed by atoms with Gasteiger partial charge in [-0.05, 0) is 71.6 Å². The Labute approximate surface area is 175 Å². The summed E-state index contributed by atoms with van der Waals surface area (Å²) >= 11 is 0. The highest BCUT2D eigenvalue weighted by atomic mass is 16.5. The summed E-state index contributed by atoms with van der Waals surface area (Å²) < 4.78 is 6.11. The SMILES string of the molecule is CC(C)(C)c1ccc(Oc2ccc3c(c2)CN(C(=O)CC2CCCC2)CC3)cc1. The maximum absolute atomic E-state index is 12.7. The van der Waals surface area contributed by atoms with E-state index in [1.807, 2.05) is 23.1 Å². The molecule has 0 spiro atoms. The number of carbonyl (C=O) groups excluding carboxylic acids is 1.